The zero-order valence-electron chi connectivity index (χ0n) is 14.1. The fourth-order valence-electron chi connectivity index (χ4n) is 2.76. The number of hydrogen-bond donors (Lipinski definition) is 3. The van der Waals surface area contributed by atoms with Gasteiger partial charge in [0.2, 0.25) is 5.91 Å². The van der Waals surface area contributed by atoms with Crippen LogP contribution < -0.4 is 15.8 Å². The molecule has 0 saturated heterocycles. The Morgan fingerprint density at radius 3 is 2.84 bits per heavy atom. The molecule has 3 rings (SSSR count). The van der Waals surface area contributed by atoms with Crippen LogP contribution in [0.4, 0.5) is 0 Å². The molecule has 1 aliphatic carbocycles. The Balaban J connectivity index is 1.81. The molecule has 25 heavy (non-hydrogen) atoms. The lowest BCUT2D eigenvalue weighted by Crippen LogP contribution is -2.46. The topological polar surface area (TPSA) is 115 Å². The Bertz CT molecular complexity index is 794. The maximum atomic E-state index is 12.5. The van der Waals surface area contributed by atoms with Crippen LogP contribution in [0.1, 0.15) is 35.4 Å². The predicted octanol–water partition coefficient (Wildman–Crippen LogP) is 1.50. The second-order valence-electron chi connectivity index (χ2n) is 6.38. The van der Waals surface area contributed by atoms with Crippen LogP contribution in [0.15, 0.2) is 22.6 Å². The van der Waals surface area contributed by atoms with Gasteiger partial charge in [-0.05, 0) is 37.5 Å². The standard InChI is InChI=1S/C18H22N2O5/c1-10-16(18(23)20-14(9-21)17(19)22)13-8-12(4-5-15(13)25-10)24-7-6-11-2-3-11/h4-5,8,11,14,21H,2-3,6-7,9H2,1H3,(H2,19,22)(H,20,23)/t14-/m0/s1. The van der Waals surface area contributed by atoms with Crippen molar-refractivity contribution < 1.29 is 23.8 Å². The first-order chi connectivity index (χ1) is 12.0. The molecule has 0 spiro atoms. The van der Waals surface area contributed by atoms with Gasteiger partial charge in [-0.25, -0.2) is 0 Å². The maximum Gasteiger partial charge on any atom is 0.256 e. The molecule has 1 fully saturated rings. The van der Waals surface area contributed by atoms with Crippen molar-refractivity contribution in [3.63, 3.8) is 0 Å². The van der Waals surface area contributed by atoms with Crippen molar-refractivity contribution in [1.29, 1.82) is 0 Å². The van der Waals surface area contributed by atoms with Crippen molar-refractivity contribution in [2.75, 3.05) is 13.2 Å². The van der Waals surface area contributed by atoms with Crippen molar-refractivity contribution in [2.24, 2.45) is 11.7 Å². The molecule has 1 aliphatic rings. The van der Waals surface area contributed by atoms with E-state index in [-0.39, 0.29) is 0 Å². The molecule has 1 aromatic heterocycles. The lowest BCUT2D eigenvalue weighted by Gasteiger charge is -2.12. The van der Waals surface area contributed by atoms with Gasteiger partial charge in [0.05, 0.1) is 18.8 Å². The Morgan fingerprint density at radius 2 is 2.20 bits per heavy atom. The first-order valence-corrected chi connectivity index (χ1v) is 8.36. The van der Waals surface area contributed by atoms with E-state index in [0.29, 0.717) is 34.6 Å². The number of nitrogens with one attached hydrogen (secondary N) is 1. The normalized spacial score (nSPS) is 15.1. The van der Waals surface area contributed by atoms with Gasteiger partial charge in [-0.1, -0.05) is 12.8 Å². The minimum atomic E-state index is -1.14. The fraction of sp³-hybridized carbons (Fsp3) is 0.444. The number of benzene rings is 1. The van der Waals surface area contributed by atoms with E-state index < -0.39 is 24.5 Å². The highest BCUT2D eigenvalue weighted by atomic mass is 16.5. The molecule has 2 aromatic rings. The number of hydrogen-bond acceptors (Lipinski definition) is 5. The van der Waals surface area contributed by atoms with E-state index in [9.17, 15) is 9.59 Å². The molecule has 1 heterocycles. The summed E-state index contributed by atoms with van der Waals surface area (Å²) in [5.41, 5.74) is 6.01. The Labute approximate surface area is 145 Å². The van der Waals surface area contributed by atoms with E-state index in [2.05, 4.69) is 5.32 Å². The fourth-order valence-corrected chi connectivity index (χ4v) is 2.76. The first kappa shape index (κ1) is 17.3. The van der Waals surface area contributed by atoms with E-state index in [1.807, 2.05) is 0 Å². The second-order valence-corrected chi connectivity index (χ2v) is 6.38. The highest BCUT2D eigenvalue weighted by molar-refractivity contribution is 6.08. The van der Waals surface area contributed by atoms with Crippen molar-refractivity contribution in [3.05, 3.63) is 29.5 Å². The smallest absolute Gasteiger partial charge is 0.256 e. The number of aliphatic hydroxyl groups excluding tert-OH is 1. The summed E-state index contributed by atoms with van der Waals surface area (Å²) in [6, 6.07) is 4.17. The molecule has 7 heteroatoms. The number of furan rings is 1. The number of aliphatic hydroxyl groups is 1. The number of amides is 2. The van der Waals surface area contributed by atoms with Crippen LogP contribution in [0.2, 0.25) is 0 Å². The molecule has 1 atom stereocenters. The van der Waals surface area contributed by atoms with Gasteiger partial charge in [0.15, 0.2) is 0 Å². The zero-order chi connectivity index (χ0) is 18.0. The maximum absolute atomic E-state index is 12.5. The monoisotopic (exact) mass is 346 g/mol. The van der Waals surface area contributed by atoms with E-state index >= 15 is 0 Å². The molecule has 0 bridgehead atoms. The van der Waals surface area contributed by atoms with Crippen molar-refractivity contribution in [3.8, 4) is 5.75 Å². The number of aryl methyl sites for hydroxylation is 1. The van der Waals surface area contributed by atoms with Crippen LogP contribution in [0.3, 0.4) is 0 Å². The minimum Gasteiger partial charge on any atom is -0.494 e. The van der Waals surface area contributed by atoms with Gasteiger partial charge in [-0.3, -0.25) is 9.59 Å². The van der Waals surface area contributed by atoms with Crippen molar-refractivity contribution in [1.82, 2.24) is 5.32 Å². The molecule has 0 radical (unpaired) electrons. The Kier molecular flexibility index (Phi) is 4.94. The lowest BCUT2D eigenvalue weighted by atomic mass is 10.1. The third kappa shape index (κ3) is 3.93. The molecule has 1 aromatic carbocycles. The average Bonchev–Trinajstić information content (AvgIpc) is 3.33. The second kappa shape index (κ2) is 7.14. The van der Waals surface area contributed by atoms with Crippen LogP contribution in [0.5, 0.6) is 5.75 Å². The summed E-state index contributed by atoms with van der Waals surface area (Å²) in [6.07, 6.45) is 3.59. The predicted molar refractivity (Wildman–Crippen MR) is 91.3 cm³/mol. The first-order valence-electron chi connectivity index (χ1n) is 8.36. The summed E-state index contributed by atoms with van der Waals surface area (Å²) in [7, 11) is 0. The van der Waals surface area contributed by atoms with Crippen LogP contribution in [0.25, 0.3) is 11.0 Å². The quantitative estimate of drug-likeness (QED) is 0.670. The van der Waals surface area contributed by atoms with Gasteiger partial charge >= 0.3 is 0 Å². The number of carbonyl (C=O) groups is 2. The number of primary amides is 1. The summed E-state index contributed by atoms with van der Waals surface area (Å²) in [5, 5.41) is 12.2. The summed E-state index contributed by atoms with van der Waals surface area (Å²) in [5.74, 6) is 0.542. The van der Waals surface area contributed by atoms with Gasteiger partial charge in [0.25, 0.3) is 5.91 Å². The van der Waals surface area contributed by atoms with E-state index in [1.165, 1.54) is 12.8 Å². The summed E-state index contributed by atoms with van der Waals surface area (Å²) in [6.45, 7) is 1.75. The highest BCUT2D eigenvalue weighted by Crippen LogP contribution is 2.33. The van der Waals surface area contributed by atoms with E-state index in [4.69, 9.17) is 20.0 Å². The van der Waals surface area contributed by atoms with Crippen LogP contribution in [-0.2, 0) is 4.79 Å². The van der Waals surface area contributed by atoms with Gasteiger partial charge in [-0.15, -0.1) is 0 Å². The third-order valence-corrected chi connectivity index (χ3v) is 4.39. The van der Waals surface area contributed by atoms with Gasteiger partial charge < -0.3 is 25.3 Å². The number of ether oxygens (including phenoxy) is 1. The van der Waals surface area contributed by atoms with Crippen molar-refractivity contribution in [2.45, 2.75) is 32.2 Å². The highest BCUT2D eigenvalue weighted by Gasteiger charge is 2.24. The summed E-state index contributed by atoms with van der Waals surface area (Å²) >= 11 is 0. The molecule has 0 unspecified atom stereocenters. The molecule has 134 valence electrons. The molecular formula is C18H22N2O5. The third-order valence-electron chi connectivity index (χ3n) is 4.39. The Morgan fingerprint density at radius 1 is 1.44 bits per heavy atom. The molecule has 0 aliphatic heterocycles. The number of nitrogens with two attached hydrogens (primary N) is 1. The van der Waals surface area contributed by atoms with Crippen LogP contribution >= 0.6 is 0 Å². The largest absolute Gasteiger partial charge is 0.494 e. The van der Waals surface area contributed by atoms with Gasteiger partial charge in [-0.2, -0.15) is 0 Å². The zero-order valence-corrected chi connectivity index (χ0v) is 14.1. The number of carbonyl (C=O) groups excluding carboxylic acids is 2. The molecule has 2 amide bonds. The van der Waals surface area contributed by atoms with Crippen molar-refractivity contribution >= 4 is 22.8 Å². The van der Waals surface area contributed by atoms with E-state index in [0.717, 1.165) is 12.3 Å². The molecule has 1 saturated carbocycles. The summed E-state index contributed by atoms with van der Waals surface area (Å²) in [4.78, 5) is 23.7. The number of fused-ring (bicyclic) bond motifs is 1. The summed E-state index contributed by atoms with van der Waals surface area (Å²) < 4.78 is 11.4. The van der Waals surface area contributed by atoms with E-state index in [1.54, 1.807) is 25.1 Å². The molecule has 7 nitrogen and oxygen atoms in total. The molecule has 4 N–H and O–H groups in total. The lowest BCUT2D eigenvalue weighted by molar-refractivity contribution is -0.120. The van der Waals surface area contributed by atoms with Gasteiger partial charge in [0.1, 0.15) is 23.1 Å². The Hall–Kier alpha value is -2.54. The molecular weight excluding hydrogens is 324 g/mol. The number of rotatable bonds is 8. The SMILES string of the molecule is Cc1oc2ccc(OCCC3CC3)cc2c1C(=O)N[C@@H](CO)C(N)=O. The average molecular weight is 346 g/mol. The van der Waals surface area contributed by atoms with Gasteiger partial charge in [0, 0.05) is 5.39 Å². The van der Waals surface area contributed by atoms with Crippen LogP contribution in [0, 0.1) is 12.8 Å². The minimum absolute atomic E-state index is 0.308. The van der Waals surface area contributed by atoms with Crippen LogP contribution in [-0.4, -0.2) is 36.2 Å².